The fourth-order valence-electron chi connectivity index (χ4n) is 14.0. The summed E-state index contributed by atoms with van der Waals surface area (Å²) in [7, 11) is 0. The van der Waals surface area contributed by atoms with Crippen molar-refractivity contribution >= 4 is 55.8 Å². The Morgan fingerprint density at radius 3 is 0.902 bits per heavy atom. The zero-order valence-electron chi connectivity index (χ0n) is 46.5. The summed E-state index contributed by atoms with van der Waals surface area (Å²) in [6.07, 6.45) is 4.43. The molecule has 0 radical (unpaired) electrons. The fraction of sp³-hybridized carbons (Fsp3) is 0.0750. The number of rotatable bonds is 8. The van der Waals surface area contributed by atoms with Crippen molar-refractivity contribution in [3.05, 3.63) is 300 Å². The summed E-state index contributed by atoms with van der Waals surface area (Å²) in [5.41, 5.74) is 30.0. The molecular formula is C80H58N2. The number of fused-ring (bicyclic) bond motifs is 12. The predicted molar refractivity (Wildman–Crippen MR) is 347 cm³/mol. The van der Waals surface area contributed by atoms with Crippen molar-refractivity contribution < 1.29 is 0 Å². The summed E-state index contributed by atoms with van der Waals surface area (Å²) < 4.78 is 4.76. The van der Waals surface area contributed by atoms with Crippen LogP contribution in [0.2, 0.25) is 0 Å². The van der Waals surface area contributed by atoms with E-state index >= 15 is 0 Å². The van der Waals surface area contributed by atoms with Crippen molar-refractivity contribution in [1.29, 1.82) is 0 Å². The quantitative estimate of drug-likeness (QED) is 0.134. The van der Waals surface area contributed by atoms with E-state index in [9.17, 15) is 0 Å². The number of aromatic nitrogens is 2. The van der Waals surface area contributed by atoms with Gasteiger partial charge in [0, 0.05) is 43.7 Å². The number of para-hydroxylation sites is 4. The molecule has 2 heteroatoms. The Balaban J connectivity index is 0.628. The molecule has 12 aromatic carbocycles. The van der Waals surface area contributed by atoms with E-state index in [0.29, 0.717) is 0 Å². The van der Waals surface area contributed by atoms with Crippen molar-refractivity contribution in [3.8, 4) is 78.1 Å². The maximum absolute atomic E-state index is 2.47. The summed E-state index contributed by atoms with van der Waals surface area (Å²) in [4.78, 5) is 0. The number of benzene rings is 12. The van der Waals surface area contributed by atoms with Gasteiger partial charge in [0.15, 0.2) is 0 Å². The Morgan fingerprint density at radius 2 is 0.524 bits per heavy atom. The van der Waals surface area contributed by atoms with Crippen LogP contribution in [0.5, 0.6) is 0 Å². The van der Waals surface area contributed by atoms with Crippen LogP contribution >= 0.6 is 0 Å². The smallest absolute Gasteiger partial charge is 0.0541 e. The molecule has 388 valence electrons. The third kappa shape index (κ3) is 7.48. The first kappa shape index (κ1) is 47.9. The maximum Gasteiger partial charge on any atom is 0.0541 e. The minimum atomic E-state index is -0.167. The molecule has 16 rings (SSSR count). The Morgan fingerprint density at radius 1 is 0.244 bits per heavy atom. The molecule has 0 amide bonds. The second-order valence-corrected chi connectivity index (χ2v) is 23.7. The molecule has 2 aliphatic carbocycles. The fourth-order valence-corrected chi connectivity index (χ4v) is 14.0. The highest BCUT2D eigenvalue weighted by Gasteiger charge is 2.38. The number of hydrogen-bond acceptors (Lipinski definition) is 0. The lowest BCUT2D eigenvalue weighted by Gasteiger charge is -2.24. The van der Waals surface area contributed by atoms with Gasteiger partial charge >= 0.3 is 0 Å². The van der Waals surface area contributed by atoms with Gasteiger partial charge in [-0.25, -0.2) is 0 Å². The number of hydrogen-bond donors (Lipinski definition) is 0. The van der Waals surface area contributed by atoms with E-state index < -0.39 is 0 Å². The first-order valence-electron chi connectivity index (χ1n) is 28.8. The van der Waals surface area contributed by atoms with Gasteiger partial charge in [-0.2, -0.15) is 0 Å². The molecular weight excluding hydrogens is 989 g/mol. The SMILES string of the molecule is CC1(C)c2cc(-c3ccc(C=Cc4ccc(-c5ccc6c(c5)c5ccccc5n6-c5ccccc5)cc4)cc3)ccc2-c2ccc(-c3ccc4c(c3)C(C)(C)c3cc(-c5ccc6c(c5)c5ccccc5n6-c5ccccc5)ccc3-4)cc21. The molecule has 2 nitrogen and oxygen atoms in total. The highest BCUT2D eigenvalue weighted by Crippen LogP contribution is 2.53. The lowest BCUT2D eigenvalue weighted by molar-refractivity contribution is 0.660. The van der Waals surface area contributed by atoms with Crippen LogP contribution in [0.3, 0.4) is 0 Å². The van der Waals surface area contributed by atoms with Crippen LogP contribution in [-0.2, 0) is 10.8 Å². The molecule has 2 aromatic heterocycles. The van der Waals surface area contributed by atoms with Crippen LogP contribution in [0.1, 0.15) is 61.1 Å². The molecule has 0 spiro atoms. The van der Waals surface area contributed by atoms with Gasteiger partial charge in [0.2, 0.25) is 0 Å². The lowest BCUT2D eigenvalue weighted by Crippen LogP contribution is -2.15. The molecule has 0 aliphatic heterocycles. The first-order valence-corrected chi connectivity index (χ1v) is 28.8. The topological polar surface area (TPSA) is 9.86 Å². The standard InChI is InChI=1S/C80H58N2/c1-79(2)71-47-57(54-31-27-52(28-32-54)24-23-51-25-29-53(30-26-51)55-37-43-77-69(45-55)67-19-11-13-21-75(67)81(77)61-15-7-5-8-16-61)33-39-63(71)65-41-35-59(49-73(65)79)60-36-42-66-64-40-34-58(48-72(64)80(3,4)74(66)50-60)56-38-44-78-70(46-56)68-20-12-14-22-76(68)82(78)62-17-9-6-10-18-62/h5-50H,1-4H3. The highest BCUT2D eigenvalue weighted by molar-refractivity contribution is 6.12. The molecule has 0 N–H and O–H groups in total. The zero-order chi connectivity index (χ0) is 54.8. The molecule has 2 heterocycles. The van der Waals surface area contributed by atoms with Crippen LogP contribution in [0.15, 0.2) is 267 Å². The normalized spacial score (nSPS) is 13.8. The van der Waals surface area contributed by atoms with Gasteiger partial charge in [0.05, 0.1) is 22.1 Å². The second-order valence-electron chi connectivity index (χ2n) is 23.7. The molecule has 0 bridgehead atoms. The van der Waals surface area contributed by atoms with Gasteiger partial charge in [-0.1, -0.05) is 222 Å². The largest absolute Gasteiger partial charge is 0.309 e. The van der Waals surface area contributed by atoms with Crippen LogP contribution in [0.25, 0.3) is 134 Å². The average Bonchev–Trinajstić information content (AvgIpc) is 4.28. The molecule has 2 aliphatic rings. The summed E-state index contributed by atoms with van der Waals surface area (Å²) in [6, 6.07) is 99.3. The van der Waals surface area contributed by atoms with Gasteiger partial charge < -0.3 is 9.13 Å². The third-order valence-corrected chi connectivity index (χ3v) is 18.3. The van der Waals surface area contributed by atoms with Crippen molar-refractivity contribution in [2.45, 2.75) is 38.5 Å². The Kier molecular flexibility index (Phi) is 10.7. The third-order valence-electron chi connectivity index (χ3n) is 18.3. The highest BCUT2D eigenvalue weighted by atomic mass is 15.0. The van der Waals surface area contributed by atoms with Crippen LogP contribution < -0.4 is 0 Å². The lowest BCUT2D eigenvalue weighted by atomic mass is 9.79. The van der Waals surface area contributed by atoms with E-state index in [0.717, 1.165) is 0 Å². The van der Waals surface area contributed by atoms with Gasteiger partial charge in [0.25, 0.3) is 0 Å². The Bertz CT molecular complexity index is 4930. The maximum atomic E-state index is 2.47. The van der Waals surface area contributed by atoms with E-state index in [1.54, 1.807) is 0 Å². The van der Waals surface area contributed by atoms with Crippen molar-refractivity contribution in [3.63, 3.8) is 0 Å². The van der Waals surface area contributed by atoms with Crippen molar-refractivity contribution in [2.75, 3.05) is 0 Å². The second kappa shape index (κ2) is 18.3. The molecule has 82 heavy (non-hydrogen) atoms. The van der Waals surface area contributed by atoms with E-state index in [-0.39, 0.29) is 10.8 Å². The molecule has 0 fully saturated rings. The molecule has 14 aromatic rings. The van der Waals surface area contributed by atoms with Crippen molar-refractivity contribution in [1.82, 2.24) is 9.13 Å². The van der Waals surface area contributed by atoms with E-state index in [2.05, 4.69) is 316 Å². The minimum Gasteiger partial charge on any atom is -0.309 e. The van der Waals surface area contributed by atoms with Crippen molar-refractivity contribution in [2.24, 2.45) is 0 Å². The molecule has 0 unspecified atom stereocenters. The van der Waals surface area contributed by atoms with Gasteiger partial charge in [-0.15, -0.1) is 0 Å². The van der Waals surface area contributed by atoms with E-state index in [1.165, 1.54) is 155 Å². The van der Waals surface area contributed by atoms with E-state index in [1.807, 2.05) is 0 Å². The molecule has 0 saturated carbocycles. The zero-order valence-corrected chi connectivity index (χ0v) is 46.5. The van der Waals surface area contributed by atoms with Crippen LogP contribution in [0.4, 0.5) is 0 Å². The van der Waals surface area contributed by atoms with Gasteiger partial charge in [-0.3, -0.25) is 0 Å². The Hall–Kier alpha value is -10.0. The Labute approximate surface area is 479 Å². The summed E-state index contributed by atoms with van der Waals surface area (Å²) in [6.45, 7) is 9.60. The van der Waals surface area contributed by atoms with Gasteiger partial charge in [-0.05, 0) is 185 Å². The molecule has 0 atom stereocenters. The van der Waals surface area contributed by atoms with Crippen LogP contribution in [-0.4, -0.2) is 9.13 Å². The van der Waals surface area contributed by atoms with E-state index in [4.69, 9.17) is 0 Å². The number of nitrogens with zero attached hydrogens (tertiary/aromatic N) is 2. The van der Waals surface area contributed by atoms with Crippen LogP contribution in [0, 0.1) is 0 Å². The molecule has 0 saturated heterocycles. The summed E-state index contributed by atoms with van der Waals surface area (Å²) >= 11 is 0. The predicted octanol–water partition coefficient (Wildman–Crippen LogP) is 21.3. The minimum absolute atomic E-state index is 0.160. The summed E-state index contributed by atoms with van der Waals surface area (Å²) in [5.74, 6) is 0. The summed E-state index contributed by atoms with van der Waals surface area (Å²) in [5, 5.41) is 5.07. The van der Waals surface area contributed by atoms with Gasteiger partial charge in [0.1, 0.15) is 0 Å². The average molecular weight is 1050 g/mol. The monoisotopic (exact) mass is 1050 g/mol. The first-order chi connectivity index (χ1) is 40.1.